The second-order valence-electron chi connectivity index (χ2n) is 1.66. The van der Waals surface area contributed by atoms with Crippen molar-refractivity contribution in [2.24, 2.45) is 10.6 Å². The molecule has 11 heavy (non-hydrogen) atoms. The molecule has 64 valence electrons. The summed E-state index contributed by atoms with van der Waals surface area (Å²) in [6, 6.07) is 0. The average molecular weight is 162 g/mol. The quantitative estimate of drug-likeness (QED) is 0.261. The smallest absolute Gasteiger partial charge is 0.408 e. The Bertz CT molecular complexity index is 160. The lowest BCUT2D eigenvalue weighted by Crippen LogP contribution is -2.28. The van der Waals surface area contributed by atoms with Crippen LogP contribution >= 0.6 is 0 Å². The molecule has 0 aliphatic carbocycles. The predicted octanol–water partition coefficient (Wildman–Crippen LogP) is 0.643. The van der Waals surface area contributed by atoms with Crippen LogP contribution in [0.15, 0.2) is 10.6 Å². The fraction of sp³-hybridized carbons (Fsp3) is 1.00. The monoisotopic (exact) mass is 162 g/mol. The summed E-state index contributed by atoms with van der Waals surface area (Å²) >= 11 is 0. The van der Waals surface area contributed by atoms with Crippen molar-refractivity contribution in [1.82, 2.24) is 0 Å². The first kappa shape index (κ1) is 9.40. The summed E-state index contributed by atoms with van der Waals surface area (Å²) in [4.78, 5) is -0.817. The van der Waals surface area contributed by atoms with E-state index in [9.17, 15) is 20.8 Å². The summed E-state index contributed by atoms with van der Waals surface area (Å²) in [5.74, 6) is 0. The molecular formula is C3H6N4O4-2. The second-order valence-corrected chi connectivity index (χ2v) is 1.66. The molecule has 8 heteroatoms. The molecule has 0 radical (unpaired) electrons. The molecule has 0 N–H and O–H groups in total. The molecule has 0 amide bonds. The summed E-state index contributed by atoms with van der Waals surface area (Å²) < 4.78 is 0. The standard InChI is InChI=1S/C3H8N4O4/c1-2-3(6(10)4-8)7(11)5-9/h3,8-9H,2H2,1H3/p-2/b6-4-,7-5-. The molecule has 0 bridgehead atoms. The van der Waals surface area contributed by atoms with E-state index in [1.54, 1.807) is 0 Å². The normalized spacial score (nSPS) is 14.0. The lowest BCUT2D eigenvalue weighted by atomic mass is 10.4. The van der Waals surface area contributed by atoms with Crippen molar-refractivity contribution in [2.45, 2.75) is 19.5 Å². The van der Waals surface area contributed by atoms with Gasteiger partial charge < -0.3 is 20.8 Å². The Morgan fingerprint density at radius 1 is 1.18 bits per heavy atom. The van der Waals surface area contributed by atoms with Gasteiger partial charge in [0.2, 0.25) is 0 Å². The van der Waals surface area contributed by atoms with Crippen molar-refractivity contribution >= 4 is 0 Å². The van der Waals surface area contributed by atoms with E-state index in [1.165, 1.54) is 6.92 Å². The lowest BCUT2D eigenvalue weighted by molar-refractivity contribution is -0.778. The Balaban J connectivity index is 4.41. The van der Waals surface area contributed by atoms with Crippen LogP contribution in [0.2, 0.25) is 0 Å². The lowest BCUT2D eigenvalue weighted by Gasteiger charge is -2.10. The van der Waals surface area contributed by atoms with Crippen LogP contribution in [0.4, 0.5) is 0 Å². The highest BCUT2D eigenvalue weighted by Gasteiger charge is 2.22. The van der Waals surface area contributed by atoms with E-state index in [-0.39, 0.29) is 6.42 Å². The van der Waals surface area contributed by atoms with Gasteiger partial charge in [-0.1, -0.05) is 6.92 Å². The highest BCUT2D eigenvalue weighted by molar-refractivity contribution is 4.34. The van der Waals surface area contributed by atoms with E-state index in [2.05, 4.69) is 0 Å². The van der Waals surface area contributed by atoms with Crippen LogP contribution in [0, 0.1) is 20.8 Å². The van der Waals surface area contributed by atoms with E-state index in [4.69, 9.17) is 0 Å². The van der Waals surface area contributed by atoms with Crippen molar-refractivity contribution in [1.29, 1.82) is 0 Å². The highest BCUT2D eigenvalue weighted by Crippen LogP contribution is 1.99. The number of hydrogen-bond donors (Lipinski definition) is 0. The molecule has 0 fully saturated rings. The minimum Gasteiger partial charge on any atom is -0.739 e. The summed E-state index contributed by atoms with van der Waals surface area (Å²) in [6.45, 7) is 1.44. The third kappa shape index (κ3) is 2.24. The molecule has 0 saturated heterocycles. The minimum atomic E-state index is -1.45. The van der Waals surface area contributed by atoms with E-state index < -0.39 is 15.9 Å². The summed E-state index contributed by atoms with van der Waals surface area (Å²) in [5.41, 5.74) is 0. The van der Waals surface area contributed by atoms with Crippen LogP contribution in [0.25, 0.3) is 0 Å². The van der Waals surface area contributed by atoms with Crippen molar-refractivity contribution in [3.63, 3.8) is 0 Å². The van der Waals surface area contributed by atoms with Crippen LogP contribution in [0.3, 0.4) is 0 Å². The average Bonchev–Trinajstić information content (AvgIpc) is 2.05. The van der Waals surface area contributed by atoms with E-state index >= 15 is 0 Å². The molecule has 0 spiro atoms. The van der Waals surface area contributed by atoms with Gasteiger partial charge in [0.05, 0.1) is 6.42 Å². The molecule has 8 nitrogen and oxygen atoms in total. The van der Waals surface area contributed by atoms with Crippen LogP contribution in [0.5, 0.6) is 0 Å². The number of hydroxylamine groups is 2. The van der Waals surface area contributed by atoms with Gasteiger partial charge in [0.25, 0.3) is 0 Å². The number of nitrogens with zero attached hydrogens (tertiary/aromatic N) is 4. The summed E-state index contributed by atoms with van der Waals surface area (Å²) in [5, 5.41) is 43.7. The van der Waals surface area contributed by atoms with Gasteiger partial charge in [-0.15, -0.1) is 0 Å². The fourth-order valence-corrected chi connectivity index (χ4v) is 0.506. The Kier molecular flexibility index (Phi) is 3.63. The molecule has 0 rings (SSSR count). The Morgan fingerprint density at radius 3 is 1.73 bits per heavy atom. The van der Waals surface area contributed by atoms with E-state index in [0.717, 1.165) is 0 Å². The first-order valence-electron chi connectivity index (χ1n) is 2.76. The molecule has 0 atom stereocenters. The van der Waals surface area contributed by atoms with Gasteiger partial charge >= 0.3 is 6.17 Å². The molecule has 0 saturated carbocycles. The topological polar surface area (TPSA) is 123 Å². The van der Waals surface area contributed by atoms with Gasteiger partial charge in [-0.2, -0.15) is 0 Å². The van der Waals surface area contributed by atoms with Crippen LogP contribution in [-0.4, -0.2) is 15.9 Å². The maximum Gasteiger partial charge on any atom is 0.408 e. The Labute approximate surface area is 61.8 Å². The zero-order chi connectivity index (χ0) is 8.85. The molecular weight excluding hydrogens is 156 g/mol. The molecule has 0 aromatic carbocycles. The third-order valence-corrected chi connectivity index (χ3v) is 1.04. The number of rotatable bonds is 3. The van der Waals surface area contributed by atoms with Gasteiger partial charge in [-0.3, -0.25) is 0 Å². The molecule has 0 aromatic rings. The van der Waals surface area contributed by atoms with Crippen molar-refractivity contribution in [3.05, 3.63) is 20.8 Å². The largest absolute Gasteiger partial charge is 0.739 e. The molecule has 0 heterocycles. The molecule has 0 aliphatic heterocycles. The van der Waals surface area contributed by atoms with E-state index in [1.807, 2.05) is 10.6 Å². The summed E-state index contributed by atoms with van der Waals surface area (Å²) in [6.07, 6.45) is -1.46. The van der Waals surface area contributed by atoms with Gasteiger partial charge in [0.15, 0.2) is 0 Å². The molecule has 0 unspecified atom stereocenters. The second kappa shape index (κ2) is 4.25. The summed E-state index contributed by atoms with van der Waals surface area (Å²) in [7, 11) is 0. The van der Waals surface area contributed by atoms with Gasteiger partial charge in [0.1, 0.15) is 0 Å². The van der Waals surface area contributed by atoms with Gasteiger partial charge in [-0.05, 0) is 20.3 Å². The van der Waals surface area contributed by atoms with Crippen molar-refractivity contribution < 1.29 is 9.72 Å². The first-order chi connectivity index (χ1) is 5.17. The number of hydrogen-bond acceptors (Lipinski definition) is 6. The maximum atomic E-state index is 10.3. The van der Waals surface area contributed by atoms with Gasteiger partial charge in [0, 0.05) is 0 Å². The fourth-order valence-electron chi connectivity index (χ4n) is 0.506. The van der Waals surface area contributed by atoms with E-state index in [0.29, 0.717) is 0 Å². The van der Waals surface area contributed by atoms with Crippen LogP contribution in [0.1, 0.15) is 13.3 Å². The zero-order valence-electron chi connectivity index (χ0n) is 5.71. The third-order valence-electron chi connectivity index (χ3n) is 1.04. The zero-order valence-corrected chi connectivity index (χ0v) is 5.71. The molecule has 0 aliphatic rings. The van der Waals surface area contributed by atoms with Crippen molar-refractivity contribution in [3.8, 4) is 0 Å². The van der Waals surface area contributed by atoms with Crippen LogP contribution in [-0.2, 0) is 0 Å². The SMILES string of the molecule is CCC(/[N+]([O-])=N/[O-])/[N+]([O-])=N/[O-]. The Hall–Kier alpha value is -1.60. The van der Waals surface area contributed by atoms with Crippen molar-refractivity contribution in [2.75, 3.05) is 0 Å². The van der Waals surface area contributed by atoms with Gasteiger partial charge in [-0.25, -0.2) is 0 Å². The molecule has 0 aromatic heterocycles. The highest BCUT2D eigenvalue weighted by atomic mass is 16.6. The first-order valence-corrected chi connectivity index (χ1v) is 2.76. The Morgan fingerprint density at radius 2 is 1.55 bits per heavy atom. The minimum absolute atomic E-state index is 0.00944. The maximum absolute atomic E-state index is 10.3. The van der Waals surface area contributed by atoms with Crippen LogP contribution < -0.4 is 0 Å². The predicted molar refractivity (Wildman–Crippen MR) is 32.9 cm³/mol.